The Morgan fingerprint density at radius 3 is 2.47 bits per heavy atom. The molecule has 1 unspecified atom stereocenters. The Labute approximate surface area is 111 Å². The molecule has 0 saturated heterocycles. The molecule has 0 spiro atoms. The zero-order chi connectivity index (χ0) is 11.5. The van der Waals surface area contributed by atoms with E-state index in [1.807, 2.05) is 23.7 Å². The zero-order valence-corrected chi connectivity index (χ0v) is 10.7. The molecule has 1 aromatic carbocycles. The molecule has 2 rings (SSSR count). The van der Waals surface area contributed by atoms with Crippen LogP contribution in [0.1, 0.15) is 22.2 Å². The third-order valence-electron chi connectivity index (χ3n) is 2.45. The van der Waals surface area contributed by atoms with E-state index in [9.17, 15) is 0 Å². The number of imidazole rings is 1. The van der Waals surface area contributed by atoms with Gasteiger partial charge in [-0.05, 0) is 17.7 Å². The molecule has 5 heteroatoms. The first-order valence-electron chi connectivity index (χ1n) is 4.82. The summed E-state index contributed by atoms with van der Waals surface area (Å²) in [6.07, 6.45) is 3.46. The van der Waals surface area contributed by atoms with Crippen molar-refractivity contribution in [2.45, 2.75) is 5.38 Å². The van der Waals surface area contributed by atoms with Crippen LogP contribution in [0, 0.1) is 11.3 Å². The Hall–Kier alpha value is -1.50. The predicted octanol–water partition coefficient (Wildman–Crippen LogP) is 3.04. The average Bonchev–Trinajstić information content (AvgIpc) is 2.75. The van der Waals surface area contributed by atoms with Crippen molar-refractivity contribution in [2.75, 3.05) is 0 Å². The number of nitriles is 1. The summed E-state index contributed by atoms with van der Waals surface area (Å²) in [5.74, 6) is 0. The quantitative estimate of drug-likeness (QED) is 0.785. The lowest BCUT2D eigenvalue weighted by Crippen LogP contribution is -2.00. The van der Waals surface area contributed by atoms with Crippen LogP contribution in [-0.4, -0.2) is 9.55 Å². The van der Waals surface area contributed by atoms with Crippen molar-refractivity contribution in [1.29, 1.82) is 5.26 Å². The standard InChI is InChI=1S/C12H10ClN3.ClH/c1-16-8-15-7-11(16)12(13)10-4-2-9(6-14)3-5-10;/h2-5,7-8,12H,1H3;1H. The van der Waals surface area contributed by atoms with Gasteiger partial charge in [-0.2, -0.15) is 5.26 Å². The van der Waals surface area contributed by atoms with Gasteiger partial charge < -0.3 is 4.57 Å². The summed E-state index contributed by atoms with van der Waals surface area (Å²) in [5, 5.41) is 8.46. The van der Waals surface area contributed by atoms with Crippen LogP contribution in [-0.2, 0) is 7.05 Å². The third-order valence-corrected chi connectivity index (χ3v) is 2.92. The predicted molar refractivity (Wildman–Crippen MR) is 69.3 cm³/mol. The molecule has 0 bridgehead atoms. The summed E-state index contributed by atoms with van der Waals surface area (Å²) in [6.45, 7) is 0. The van der Waals surface area contributed by atoms with Gasteiger partial charge in [0.1, 0.15) is 5.38 Å². The summed E-state index contributed by atoms with van der Waals surface area (Å²) in [7, 11) is 1.90. The molecular weight excluding hydrogens is 257 g/mol. The fourth-order valence-electron chi connectivity index (χ4n) is 1.51. The number of benzene rings is 1. The summed E-state index contributed by atoms with van der Waals surface area (Å²) in [6, 6.07) is 9.34. The minimum atomic E-state index is -0.236. The van der Waals surface area contributed by atoms with Crippen LogP contribution in [0.4, 0.5) is 0 Å². The highest BCUT2D eigenvalue weighted by atomic mass is 35.5. The lowest BCUT2D eigenvalue weighted by atomic mass is 10.1. The van der Waals surface area contributed by atoms with Gasteiger partial charge in [-0.15, -0.1) is 24.0 Å². The Morgan fingerprint density at radius 1 is 1.35 bits per heavy atom. The highest BCUT2D eigenvalue weighted by molar-refractivity contribution is 6.22. The maximum atomic E-state index is 8.70. The lowest BCUT2D eigenvalue weighted by molar-refractivity contribution is 0.834. The number of aromatic nitrogens is 2. The second-order valence-electron chi connectivity index (χ2n) is 3.53. The van der Waals surface area contributed by atoms with Gasteiger partial charge in [-0.1, -0.05) is 12.1 Å². The van der Waals surface area contributed by atoms with Gasteiger partial charge in [0, 0.05) is 13.2 Å². The molecule has 0 aliphatic rings. The van der Waals surface area contributed by atoms with Crippen molar-refractivity contribution < 1.29 is 0 Å². The Bertz CT molecular complexity index is 525. The number of rotatable bonds is 2. The highest BCUT2D eigenvalue weighted by Gasteiger charge is 2.13. The van der Waals surface area contributed by atoms with Crippen molar-refractivity contribution in [3.63, 3.8) is 0 Å². The Balaban J connectivity index is 0.00000144. The number of aryl methyl sites for hydroxylation is 1. The van der Waals surface area contributed by atoms with E-state index in [1.54, 1.807) is 24.7 Å². The van der Waals surface area contributed by atoms with Crippen LogP contribution in [0.25, 0.3) is 0 Å². The average molecular weight is 268 g/mol. The van der Waals surface area contributed by atoms with E-state index >= 15 is 0 Å². The monoisotopic (exact) mass is 267 g/mol. The summed E-state index contributed by atoms with van der Waals surface area (Å²) in [4.78, 5) is 4.03. The fourth-order valence-corrected chi connectivity index (χ4v) is 1.86. The van der Waals surface area contributed by atoms with E-state index < -0.39 is 0 Å². The first-order valence-corrected chi connectivity index (χ1v) is 5.26. The smallest absolute Gasteiger partial charge is 0.100 e. The Kier molecular flexibility index (Phi) is 4.56. The molecule has 0 N–H and O–H groups in total. The number of hydrogen-bond donors (Lipinski definition) is 0. The van der Waals surface area contributed by atoms with Gasteiger partial charge in [0.05, 0.1) is 23.7 Å². The molecule has 0 aliphatic heterocycles. The van der Waals surface area contributed by atoms with E-state index in [0.717, 1.165) is 11.3 Å². The number of halogens is 2. The summed E-state index contributed by atoms with van der Waals surface area (Å²) >= 11 is 6.33. The first kappa shape index (κ1) is 13.6. The van der Waals surface area contributed by atoms with Gasteiger partial charge in [0.25, 0.3) is 0 Å². The number of hydrogen-bond acceptors (Lipinski definition) is 2. The lowest BCUT2D eigenvalue weighted by Gasteiger charge is -2.10. The second-order valence-corrected chi connectivity index (χ2v) is 3.96. The van der Waals surface area contributed by atoms with Crippen LogP contribution >= 0.6 is 24.0 Å². The molecule has 1 aromatic heterocycles. The maximum Gasteiger partial charge on any atom is 0.100 e. The molecule has 1 atom stereocenters. The largest absolute Gasteiger partial charge is 0.336 e. The van der Waals surface area contributed by atoms with E-state index in [2.05, 4.69) is 11.1 Å². The summed E-state index contributed by atoms with van der Waals surface area (Å²) < 4.78 is 1.88. The SMILES string of the molecule is Cl.Cn1cncc1C(Cl)c1ccc(C#N)cc1. The van der Waals surface area contributed by atoms with Gasteiger partial charge in [-0.3, -0.25) is 0 Å². The van der Waals surface area contributed by atoms with Crippen LogP contribution in [0.2, 0.25) is 0 Å². The molecule has 0 fully saturated rings. The molecular formula is C12H11Cl2N3. The fraction of sp³-hybridized carbons (Fsp3) is 0.167. The topological polar surface area (TPSA) is 41.6 Å². The zero-order valence-electron chi connectivity index (χ0n) is 9.17. The van der Waals surface area contributed by atoms with Crippen LogP contribution < -0.4 is 0 Å². The van der Waals surface area contributed by atoms with Crippen LogP contribution in [0.15, 0.2) is 36.8 Å². The van der Waals surface area contributed by atoms with Crippen molar-refractivity contribution in [2.24, 2.45) is 7.05 Å². The maximum absolute atomic E-state index is 8.70. The molecule has 0 saturated carbocycles. The van der Waals surface area contributed by atoms with Crippen molar-refractivity contribution in [3.05, 3.63) is 53.6 Å². The third kappa shape index (κ3) is 2.79. The Morgan fingerprint density at radius 2 is 2.00 bits per heavy atom. The van der Waals surface area contributed by atoms with Gasteiger partial charge in [0.2, 0.25) is 0 Å². The minimum absolute atomic E-state index is 0. The van der Waals surface area contributed by atoms with Crippen LogP contribution in [0.5, 0.6) is 0 Å². The molecule has 0 aliphatic carbocycles. The molecule has 3 nitrogen and oxygen atoms in total. The van der Waals surface area contributed by atoms with Crippen molar-refractivity contribution >= 4 is 24.0 Å². The molecule has 1 heterocycles. The number of alkyl halides is 1. The normalized spacial score (nSPS) is 11.4. The second kappa shape index (κ2) is 5.72. The van der Waals surface area contributed by atoms with E-state index in [4.69, 9.17) is 16.9 Å². The molecule has 2 aromatic rings. The summed E-state index contributed by atoms with van der Waals surface area (Å²) in [5.41, 5.74) is 2.54. The molecule has 0 radical (unpaired) electrons. The van der Waals surface area contributed by atoms with E-state index in [0.29, 0.717) is 5.56 Å². The van der Waals surface area contributed by atoms with Gasteiger partial charge in [0.15, 0.2) is 0 Å². The highest BCUT2D eigenvalue weighted by Crippen LogP contribution is 2.27. The van der Waals surface area contributed by atoms with Crippen molar-refractivity contribution in [1.82, 2.24) is 9.55 Å². The van der Waals surface area contributed by atoms with E-state index in [1.165, 1.54) is 0 Å². The van der Waals surface area contributed by atoms with Crippen LogP contribution in [0.3, 0.4) is 0 Å². The first-order chi connectivity index (χ1) is 7.72. The number of nitrogens with zero attached hydrogens (tertiary/aromatic N) is 3. The molecule has 88 valence electrons. The van der Waals surface area contributed by atoms with E-state index in [-0.39, 0.29) is 17.8 Å². The van der Waals surface area contributed by atoms with Gasteiger partial charge in [-0.25, -0.2) is 4.98 Å². The van der Waals surface area contributed by atoms with Crippen molar-refractivity contribution in [3.8, 4) is 6.07 Å². The minimum Gasteiger partial charge on any atom is -0.336 e. The van der Waals surface area contributed by atoms with Gasteiger partial charge >= 0.3 is 0 Å². The molecule has 17 heavy (non-hydrogen) atoms. The molecule has 0 amide bonds.